The summed E-state index contributed by atoms with van der Waals surface area (Å²) in [5, 5.41) is 20.5. The van der Waals surface area contributed by atoms with Crippen molar-refractivity contribution in [1.82, 2.24) is 0 Å². The molecule has 8 unspecified atom stereocenters. The molecule has 0 heterocycles. The minimum absolute atomic E-state index is 0.353. The summed E-state index contributed by atoms with van der Waals surface area (Å²) >= 11 is 0. The van der Waals surface area contributed by atoms with E-state index in [4.69, 9.17) is 9.47 Å². The van der Waals surface area contributed by atoms with Gasteiger partial charge < -0.3 is 19.7 Å². The SMILES string of the molecule is CC(=O)OC1CC2CC3CC(O)C(OC(C)=O)CC3C2CC1O. The quantitative estimate of drug-likeness (QED) is 0.736. The largest absolute Gasteiger partial charge is 0.460 e. The lowest BCUT2D eigenvalue weighted by atomic mass is 9.70. The van der Waals surface area contributed by atoms with Gasteiger partial charge in [0.1, 0.15) is 12.2 Å². The third-order valence-electron chi connectivity index (χ3n) is 5.96. The van der Waals surface area contributed by atoms with Crippen LogP contribution in [0.4, 0.5) is 0 Å². The number of rotatable bonds is 2. The van der Waals surface area contributed by atoms with Gasteiger partial charge >= 0.3 is 11.9 Å². The fourth-order valence-electron chi connectivity index (χ4n) is 5.17. The van der Waals surface area contributed by atoms with Gasteiger partial charge in [0.25, 0.3) is 0 Å². The van der Waals surface area contributed by atoms with Gasteiger partial charge in [-0.25, -0.2) is 0 Å². The molecule has 0 aromatic rings. The van der Waals surface area contributed by atoms with E-state index in [2.05, 4.69) is 0 Å². The van der Waals surface area contributed by atoms with Gasteiger partial charge in [0.2, 0.25) is 0 Å². The summed E-state index contributed by atoms with van der Waals surface area (Å²) in [6, 6.07) is 0. The predicted octanol–water partition coefficient (Wildman–Crippen LogP) is 1.03. The van der Waals surface area contributed by atoms with Crippen LogP contribution in [0.25, 0.3) is 0 Å². The van der Waals surface area contributed by atoms with Crippen molar-refractivity contribution >= 4 is 11.9 Å². The molecule has 3 aliphatic carbocycles. The van der Waals surface area contributed by atoms with Crippen LogP contribution in [0.1, 0.15) is 46.0 Å². The zero-order chi connectivity index (χ0) is 16.7. The molecular weight excluding hydrogens is 300 g/mol. The molecule has 23 heavy (non-hydrogen) atoms. The fourth-order valence-corrected chi connectivity index (χ4v) is 5.17. The average molecular weight is 326 g/mol. The molecule has 0 spiro atoms. The molecule has 3 fully saturated rings. The molecule has 2 N–H and O–H groups in total. The first-order valence-electron chi connectivity index (χ1n) is 8.55. The van der Waals surface area contributed by atoms with E-state index in [0.717, 1.165) is 6.42 Å². The van der Waals surface area contributed by atoms with E-state index in [0.29, 0.717) is 49.4 Å². The first-order chi connectivity index (χ1) is 10.8. The Morgan fingerprint density at radius 2 is 1.22 bits per heavy atom. The van der Waals surface area contributed by atoms with Crippen LogP contribution in [0.5, 0.6) is 0 Å². The fraction of sp³-hybridized carbons (Fsp3) is 0.882. The second-order valence-electron chi connectivity index (χ2n) is 7.46. The number of carbonyl (C=O) groups is 2. The van der Waals surface area contributed by atoms with E-state index in [1.54, 1.807) is 0 Å². The second-order valence-corrected chi connectivity index (χ2v) is 7.46. The molecule has 6 nitrogen and oxygen atoms in total. The molecule has 130 valence electrons. The number of aliphatic hydroxyl groups excluding tert-OH is 2. The highest BCUT2D eigenvalue weighted by atomic mass is 16.6. The summed E-state index contributed by atoms with van der Waals surface area (Å²) in [6.45, 7) is 2.73. The van der Waals surface area contributed by atoms with E-state index in [1.807, 2.05) is 0 Å². The summed E-state index contributed by atoms with van der Waals surface area (Å²) in [4.78, 5) is 22.4. The topological polar surface area (TPSA) is 93.1 Å². The molecule has 3 aliphatic rings. The van der Waals surface area contributed by atoms with Gasteiger partial charge in [-0.1, -0.05) is 0 Å². The third kappa shape index (κ3) is 3.38. The molecule has 0 saturated heterocycles. The Morgan fingerprint density at radius 1 is 0.739 bits per heavy atom. The third-order valence-corrected chi connectivity index (χ3v) is 5.96. The number of fused-ring (bicyclic) bond motifs is 3. The van der Waals surface area contributed by atoms with Gasteiger partial charge in [0.05, 0.1) is 12.2 Å². The summed E-state index contributed by atoms with van der Waals surface area (Å²) in [6.07, 6.45) is 1.52. The van der Waals surface area contributed by atoms with E-state index in [1.165, 1.54) is 13.8 Å². The molecular formula is C17H26O6. The van der Waals surface area contributed by atoms with Crippen molar-refractivity contribution in [2.24, 2.45) is 23.7 Å². The molecule has 0 aliphatic heterocycles. The number of esters is 2. The van der Waals surface area contributed by atoms with Crippen molar-refractivity contribution < 1.29 is 29.3 Å². The maximum Gasteiger partial charge on any atom is 0.302 e. The Kier molecular flexibility index (Phi) is 4.65. The standard InChI is InChI=1S/C17H26O6/c1-8(18)22-16-5-11-3-10-4-14(20)17(23-9(2)19)7-13(10)12(11)6-15(16)21/h10-17,20-21H,3-7H2,1-2H3. The second kappa shape index (κ2) is 6.40. The molecule has 0 aromatic heterocycles. The normalized spacial score (nSPS) is 45.7. The Hall–Kier alpha value is -1.14. The molecule has 8 atom stereocenters. The van der Waals surface area contributed by atoms with Crippen molar-refractivity contribution in [3.05, 3.63) is 0 Å². The van der Waals surface area contributed by atoms with Crippen molar-refractivity contribution in [2.45, 2.75) is 70.4 Å². The van der Waals surface area contributed by atoms with Crippen LogP contribution >= 0.6 is 0 Å². The van der Waals surface area contributed by atoms with E-state index in [9.17, 15) is 19.8 Å². The Bertz CT molecular complexity index is 478. The first-order valence-corrected chi connectivity index (χ1v) is 8.55. The maximum absolute atomic E-state index is 11.2. The molecule has 3 rings (SSSR count). The van der Waals surface area contributed by atoms with Gasteiger partial charge in [-0.05, 0) is 55.8 Å². The van der Waals surface area contributed by atoms with Crippen LogP contribution in [0, 0.1) is 23.7 Å². The van der Waals surface area contributed by atoms with Crippen LogP contribution in [0.15, 0.2) is 0 Å². The first kappa shape index (κ1) is 16.7. The van der Waals surface area contributed by atoms with Crippen molar-refractivity contribution in [3.8, 4) is 0 Å². The minimum Gasteiger partial charge on any atom is -0.460 e. The summed E-state index contributed by atoms with van der Waals surface area (Å²) in [5.74, 6) is 0.804. The van der Waals surface area contributed by atoms with E-state index < -0.39 is 24.4 Å². The molecule has 0 aromatic carbocycles. The Morgan fingerprint density at radius 3 is 1.83 bits per heavy atom. The smallest absolute Gasteiger partial charge is 0.302 e. The van der Waals surface area contributed by atoms with E-state index in [-0.39, 0.29) is 11.9 Å². The highest BCUT2D eigenvalue weighted by Gasteiger charge is 2.52. The van der Waals surface area contributed by atoms with Crippen LogP contribution < -0.4 is 0 Å². The minimum atomic E-state index is -0.627. The Labute approximate surface area is 136 Å². The molecule has 6 heteroatoms. The van der Waals surface area contributed by atoms with Gasteiger partial charge in [-0.15, -0.1) is 0 Å². The number of carbonyl (C=O) groups excluding carboxylic acids is 2. The predicted molar refractivity (Wildman–Crippen MR) is 80.2 cm³/mol. The summed E-state index contributed by atoms with van der Waals surface area (Å²) in [5.41, 5.74) is 0. The lowest BCUT2D eigenvalue weighted by Gasteiger charge is -2.40. The van der Waals surface area contributed by atoms with Crippen LogP contribution in [-0.2, 0) is 19.1 Å². The maximum atomic E-state index is 11.2. The van der Waals surface area contributed by atoms with Crippen LogP contribution in [0.3, 0.4) is 0 Å². The lowest BCUT2D eigenvalue weighted by molar-refractivity contribution is -0.161. The van der Waals surface area contributed by atoms with Gasteiger partial charge in [0, 0.05) is 13.8 Å². The Balaban J connectivity index is 1.68. The summed E-state index contributed by atoms with van der Waals surface area (Å²) < 4.78 is 10.5. The zero-order valence-corrected chi connectivity index (χ0v) is 13.7. The van der Waals surface area contributed by atoms with Gasteiger partial charge in [-0.2, -0.15) is 0 Å². The molecule has 0 amide bonds. The van der Waals surface area contributed by atoms with Crippen LogP contribution in [-0.4, -0.2) is 46.6 Å². The highest BCUT2D eigenvalue weighted by Crippen LogP contribution is 2.54. The van der Waals surface area contributed by atoms with Gasteiger partial charge in [-0.3, -0.25) is 9.59 Å². The zero-order valence-electron chi connectivity index (χ0n) is 13.7. The van der Waals surface area contributed by atoms with Crippen molar-refractivity contribution in [1.29, 1.82) is 0 Å². The highest BCUT2D eigenvalue weighted by molar-refractivity contribution is 5.66. The lowest BCUT2D eigenvalue weighted by Crippen LogP contribution is -2.44. The number of ether oxygens (including phenoxy) is 2. The average Bonchev–Trinajstić information content (AvgIpc) is 2.75. The number of hydrogen-bond donors (Lipinski definition) is 2. The molecule has 0 bridgehead atoms. The summed E-state index contributed by atoms with van der Waals surface area (Å²) in [7, 11) is 0. The monoisotopic (exact) mass is 326 g/mol. The number of aliphatic hydroxyl groups is 2. The van der Waals surface area contributed by atoms with Gasteiger partial charge in [0.15, 0.2) is 0 Å². The molecule has 0 radical (unpaired) electrons. The molecule has 3 saturated carbocycles. The van der Waals surface area contributed by atoms with Crippen molar-refractivity contribution in [3.63, 3.8) is 0 Å². The van der Waals surface area contributed by atoms with E-state index >= 15 is 0 Å². The van der Waals surface area contributed by atoms with Crippen molar-refractivity contribution in [2.75, 3.05) is 0 Å². The van der Waals surface area contributed by atoms with Crippen LogP contribution in [0.2, 0.25) is 0 Å². The number of hydrogen-bond acceptors (Lipinski definition) is 6.